The highest BCUT2D eigenvalue weighted by Crippen LogP contribution is 2.21. The lowest BCUT2D eigenvalue weighted by atomic mass is 10.1. The highest BCUT2D eigenvalue weighted by atomic mass is 35.5. The molecule has 26 heavy (non-hydrogen) atoms. The molecule has 0 aromatic heterocycles. The number of nitrogens with one attached hydrogen (secondary N) is 1. The van der Waals surface area contributed by atoms with Gasteiger partial charge < -0.3 is 10.1 Å². The lowest BCUT2D eigenvalue weighted by Crippen LogP contribution is -2.36. The van der Waals surface area contributed by atoms with Crippen LogP contribution >= 0.6 is 11.6 Å². The summed E-state index contributed by atoms with van der Waals surface area (Å²) in [5.41, 5.74) is 1.10. The summed E-state index contributed by atoms with van der Waals surface area (Å²) in [5.74, 6) is 0.583. The van der Waals surface area contributed by atoms with Crippen LogP contribution in [0, 0.1) is 0 Å². The zero-order valence-corrected chi connectivity index (χ0v) is 15.5. The van der Waals surface area contributed by atoms with E-state index in [1.165, 1.54) is 0 Å². The molecule has 3 nitrogen and oxygen atoms in total. The largest absolute Gasteiger partial charge is 0.481 e. The molecule has 134 valence electrons. The van der Waals surface area contributed by atoms with Crippen molar-refractivity contribution in [1.82, 2.24) is 5.32 Å². The summed E-state index contributed by atoms with van der Waals surface area (Å²) in [5, 5.41) is 5.94. The molecule has 0 heterocycles. The van der Waals surface area contributed by atoms with Crippen LogP contribution in [0.4, 0.5) is 0 Å². The molecule has 0 aliphatic carbocycles. The number of benzene rings is 3. The van der Waals surface area contributed by atoms with Crippen molar-refractivity contribution in [2.75, 3.05) is 6.54 Å². The van der Waals surface area contributed by atoms with Gasteiger partial charge in [0.1, 0.15) is 5.75 Å². The van der Waals surface area contributed by atoms with Crippen molar-refractivity contribution in [1.29, 1.82) is 0 Å². The number of fused-ring (bicyclic) bond motifs is 1. The van der Waals surface area contributed by atoms with Crippen molar-refractivity contribution in [2.24, 2.45) is 0 Å². The van der Waals surface area contributed by atoms with Gasteiger partial charge in [-0.25, -0.2) is 0 Å². The van der Waals surface area contributed by atoms with E-state index in [2.05, 4.69) is 5.32 Å². The fourth-order valence-electron chi connectivity index (χ4n) is 2.83. The second-order valence-corrected chi connectivity index (χ2v) is 6.66. The molecule has 0 unspecified atom stereocenters. The van der Waals surface area contributed by atoms with Crippen molar-refractivity contribution < 1.29 is 9.53 Å². The van der Waals surface area contributed by atoms with Gasteiger partial charge in [-0.1, -0.05) is 60.1 Å². The van der Waals surface area contributed by atoms with Crippen LogP contribution in [0.3, 0.4) is 0 Å². The Morgan fingerprint density at radius 3 is 2.58 bits per heavy atom. The summed E-state index contributed by atoms with van der Waals surface area (Å²) >= 11 is 6.14. The molecule has 4 heteroatoms. The Bertz CT molecular complexity index is 894. The molecule has 0 radical (unpaired) electrons. The fraction of sp³-hybridized carbons (Fsp3) is 0.227. The number of rotatable bonds is 7. The number of aryl methyl sites for hydroxylation is 1. The van der Waals surface area contributed by atoms with Gasteiger partial charge in [-0.2, -0.15) is 0 Å². The first-order valence-corrected chi connectivity index (χ1v) is 9.18. The van der Waals surface area contributed by atoms with Crippen LogP contribution in [0.25, 0.3) is 10.8 Å². The van der Waals surface area contributed by atoms with E-state index in [0.717, 1.165) is 34.2 Å². The Labute approximate surface area is 158 Å². The highest BCUT2D eigenvalue weighted by Gasteiger charge is 2.14. The van der Waals surface area contributed by atoms with Gasteiger partial charge >= 0.3 is 0 Å². The quantitative estimate of drug-likeness (QED) is 0.596. The smallest absolute Gasteiger partial charge is 0.260 e. The van der Waals surface area contributed by atoms with E-state index in [4.69, 9.17) is 16.3 Å². The molecular formula is C22H22ClNO2. The highest BCUT2D eigenvalue weighted by molar-refractivity contribution is 6.31. The fourth-order valence-corrected chi connectivity index (χ4v) is 3.06. The zero-order chi connectivity index (χ0) is 18.4. The molecule has 1 amide bonds. The Balaban J connectivity index is 1.47. The average Bonchev–Trinajstić information content (AvgIpc) is 2.66. The van der Waals surface area contributed by atoms with Gasteiger partial charge in [0.2, 0.25) is 0 Å². The van der Waals surface area contributed by atoms with Crippen LogP contribution in [0.1, 0.15) is 18.9 Å². The summed E-state index contributed by atoms with van der Waals surface area (Å²) < 4.78 is 5.79. The van der Waals surface area contributed by atoms with Crippen molar-refractivity contribution in [3.63, 3.8) is 0 Å². The molecule has 0 aliphatic heterocycles. The molecule has 3 aromatic rings. The third-order valence-corrected chi connectivity index (χ3v) is 4.65. The maximum absolute atomic E-state index is 12.2. The minimum atomic E-state index is -0.545. The number of hydrogen-bond acceptors (Lipinski definition) is 2. The standard InChI is InChI=1S/C22H22ClNO2/c1-16(26-20-13-12-17-7-2-3-9-19(17)15-20)22(25)24-14-6-10-18-8-4-5-11-21(18)23/h2-5,7-9,11-13,15-16H,6,10,14H2,1H3,(H,24,25)/t16-/m0/s1. The lowest BCUT2D eigenvalue weighted by molar-refractivity contribution is -0.127. The first kappa shape index (κ1) is 18.3. The first-order valence-electron chi connectivity index (χ1n) is 8.80. The molecular weight excluding hydrogens is 346 g/mol. The van der Waals surface area contributed by atoms with Crippen LogP contribution in [-0.2, 0) is 11.2 Å². The van der Waals surface area contributed by atoms with Gasteiger partial charge in [0.15, 0.2) is 6.10 Å². The number of carbonyl (C=O) groups excluding carboxylic acids is 1. The monoisotopic (exact) mass is 367 g/mol. The van der Waals surface area contributed by atoms with Crippen LogP contribution in [0.5, 0.6) is 5.75 Å². The van der Waals surface area contributed by atoms with E-state index in [1.54, 1.807) is 6.92 Å². The zero-order valence-electron chi connectivity index (χ0n) is 14.7. The van der Waals surface area contributed by atoms with E-state index in [-0.39, 0.29) is 5.91 Å². The first-order chi connectivity index (χ1) is 12.6. The molecule has 0 bridgehead atoms. The van der Waals surface area contributed by atoms with Gasteiger partial charge in [0.05, 0.1) is 0 Å². The number of amides is 1. The number of ether oxygens (including phenoxy) is 1. The van der Waals surface area contributed by atoms with Crippen molar-refractivity contribution in [3.05, 3.63) is 77.3 Å². The molecule has 0 saturated heterocycles. The third kappa shape index (κ3) is 4.77. The van der Waals surface area contributed by atoms with Crippen LogP contribution in [0.15, 0.2) is 66.7 Å². The second kappa shape index (κ2) is 8.72. The predicted molar refractivity (Wildman–Crippen MR) is 107 cm³/mol. The molecule has 0 saturated carbocycles. The predicted octanol–water partition coefficient (Wildman–Crippen LogP) is 5.01. The molecule has 0 fully saturated rings. The van der Waals surface area contributed by atoms with E-state index in [0.29, 0.717) is 12.3 Å². The molecule has 0 aliphatic rings. The topological polar surface area (TPSA) is 38.3 Å². The normalized spacial score (nSPS) is 11.9. The van der Waals surface area contributed by atoms with Crippen molar-refractivity contribution in [3.8, 4) is 5.75 Å². The van der Waals surface area contributed by atoms with Gasteiger partial charge in [-0.15, -0.1) is 0 Å². The van der Waals surface area contributed by atoms with E-state index in [1.807, 2.05) is 66.7 Å². The number of hydrogen-bond donors (Lipinski definition) is 1. The van der Waals surface area contributed by atoms with Gasteiger partial charge in [0.25, 0.3) is 5.91 Å². The Kier molecular flexibility index (Phi) is 6.13. The Morgan fingerprint density at radius 1 is 1.04 bits per heavy atom. The Hall–Kier alpha value is -2.52. The molecule has 3 aromatic carbocycles. The van der Waals surface area contributed by atoms with E-state index >= 15 is 0 Å². The Morgan fingerprint density at radius 2 is 1.77 bits per heavy atom. The van der Waals surface area contributed by atoms with Crippen LogP contribution in [-0.4, -0.2) is 18.6 Å². The summed E-state index contributed by atoms with van der Waals surface area (Å²) in [7, 11) is 0. The molecule has 1 atom stereocenters. The molecule has 0 spiro atoms. The lowest BCUT2D eigenvalue weighted by Gasteiger charge is -2.15. The van der Waals surface area contributed by atoms with Crippen LogP contribution < -0.4 is 10.1 Å². The van der Waals surface area contributed by atoms with E-state index < -0.39 is 6.10 Å². The van der Waals surface area contributed by atoms with E-state index in [9.17, 15) is 4.79 Å². The number of halogens is 1. The van der Waals surface area contributed by atoms with Crippen molar-refractivity contribution in [2.45, 2.75) is 25.9 Å². The summed E-state index contributed by atoms with van der Waals surface area (Å²) in [4.78, 5) is 12.2. The molecule has 3 rings (SSSR count). The maximum atomic E-state index is 12.2. The minimum Gasteiger partial charge on any atom is -0.481 e. The SMILES string of the molecule is C[C@H](Oc1ccc2ccccc2c1)C(=O)NCCCc1ccccc1Cl. The summed E-state index contributed by atoms with van der Waals surface area (Å²) in [6.07, 6.45) is 1.12. The van der Waals surface area contributed by atoms with Crippen LogP contribution in [0.2, 0.25) is 5.02 Å². The maximum Gasteiger partial charge on any atom is 0.260 e. The average molecular weight is 368 g/mol. The second-order valence-electron chi connectivity index (χ2n) is 6.26. The van der Waals surface area contributed by atoms with Crippen molar-refractivity contribution >= 4 is 28.3 Å². The molecule has 1 N–H and O–H groups in total. The summed E-state index contributed by atoms with van der Waals surface area (Å²) in [6, 6.07) is 21.7. The van der Waals surface area contributed by atoms with Gasteiger partial charge in [-0.3, -0.25) is 4.79 Å². The van der Waals surface area contributed by atoms with Gasteiger partial charge in [-0.05, 0) is 54.3 Å². The minimum absolute atomic E-state index is 0.114. The number of carbonyl (C=O) groups is 1. The van der Waals surface area contributed by atoms with Gasteiger partial charge in [0, 0.05) is 11.6 Å². The third-order valence-electron chi connectivity index (χ3n) is 4.28. The summed E-state index contributed by atoms with van der Waals surface area (Å²) in [6.45, 7) is 2.36.